The normalized spacial score (nSPS) is 13.7. The lowest BCUT2D eigenvalue weighted by molar-refractivity contribution is 0.0294. The number of hydrogen-bond acceptors (Lipinski definition) is 8. The van der Waals surface area contributed by atoms with Crippen LogP contribution < -0.4 is 4.74 Å². The summed E-state index contributed by atoms with van der Waals surface area (Å²) in [6.07, 6.45) is 2.27. The number of esters is 1. The Morgan fingerprint density at radius 3 is 2.43 bits per heavy atom. The number of ether oxygens (including phenoxy) is 4. The van der Waals surface area contributed by atoms with E-state index in [-0.39, 0.29) is 18.7 Å². The fourth-order valence-corrected chi connectivity index (χ4v) is 8.23. The zero-order valence-corrected chi connectivity index (χ0v) is 35.3. The van der Waals surface area contributed by atoms with E-state index in [1.165, 1.54) is 0 Å². The van der Waals surface area contributed by atoms with Crippen molar-refractivity contribution in [2.75, 3.05) is 59.7 Å². The maximum Gasteiger partial charge on any atom is 0.410 e. The zero-order valence-electron chi connectivity index (χ0n) is 33.7. The van der Waals surface area contributed by atoms with Crippen LogP contribution in [0.2, 0.25) is 0 Å². The maximum atomic E-state index is 14.1. The summed E-state index contributed by atoms with van der Waals surface area (Å²) in [5.41, 5.74) is 6.01. The molecule has 1 fully saturated rings. The van der Waals surface area contributed by atoms with Crippen LogP contribution in [-0.4, -0.2) is 101 Å². The molecule has 6 rings (SSSR count). The second-order valence-electron chi connectivity index (χ2n) is 15.3. The Hall–Kier alpha value is -4.39. The number of rotatable bonds is 16. The number of para-hydroxylation sites is 1. The van der Waals surface area contributed by atoms with E-state index in [9.17, 15) is 9.59 Å². The first-order valence-corrected chi connectivity index (χ1v) is 20.9. The molecule has 3 aromatic carbocycles. The number of amides is 1. The van der Waals surface area contributed by atoms with Crippen LogP contribution in [-0.2, 0) is 46.0 Å². The van der Waals surface area contributed by atoms with Gasteiger partial charge in [-0.15, -0.1) is 0 Å². The first-order chi connectivity index (χ1) is 27.0. The largest absolute Gasteiger partial charge is 0.493 e. The monoisotopic (exact) mass is 829 g/mol. The fourth-order valence-electron chi connectivity index (χ4n) is 7.59. The number of benzene rings is 3. The van der Waals surface area contributed by atoms with Gasteiger partial charge in [0, 0.05) is 80.5 Å². The van der Waals surface area contributed by atoms with Crippen molar-refractivity contribution in [1.82, 2.24) is 24.1 Å². The van der Waals surface area contributed by atoms with Gasteiger partial charge in [0.15, 0.2) is 0 Å². The molecule has 1 saturated heterocycles. The minimum atomic E-state index is -0.601. The molecule has 0 saturated carbocycles. The van der Waals surface area contributed by atoms with Crippen molar-refractivity contribution in [2.24, 2.45) is 7.05 Å². The molecule has 11 nitrogen and oxygen atoms in total. The van der Waals surface area contributed by atoms with E-state index in [0.29, 0.717) is 50.0 Å². The first-order valence-electron chi connectivity index (χ1n) is 19.8. The SMILES string of the molecule is CCOC(=O)c1c(CCCOc2cccc3ccccc23)c2cccc(-c3c(CCN4CCOCC4)nn(C)c3CBr)c2n1CCCN(C)C(=O)OC(C)(C)C. The minimum absolute atomic E-state index is 0.250. The summed E-state index contributed by atoms with van der Waals surface area (Å²) in [6, 6.07) is 20.7. The highest BCUT2D eigenvalue weighted by Crippen LogP contribution is 2.39. The van der Waals surface area contributed by atoms with Crippen LogP contribution in [0.15, 0.2) is 60.7 Å². The van der Waals surface area contributed by atoms with Crippen LogP contribution in [0.1, 0.15) is 68.0 Å². The molecule has 56 heavy (non-hydrogen) atoms. The number of aromatic nitrogens is 3. The fraction of sp³-hybridized carbons (Fsp3) is 0.477. The second kappa shape index (κ2) is 18.7. The number of carbonyl (C=O) groups is 2. The Labute approximate surface area is 338 Å². The number of nitrogens with zero attached hydrogens (tertiary/aromatic N) is 5. The Kier molecular flexibility index (Phi) is 13.8. The molecule has 2 aromatic heterocycles. The summed E-state index contributed by atoms with van der Waals surface area (Å²) in [5, 5.41) is 8.89. The second-order valence-corrected chi connectivity index (χ2v) is 15.9. The standard InChI is InChI=1S/C44H56BrN5O6/c1-7-54-42(51)41-34(19-12-27-55-38-20-10-15-31-14-8-9-16-32(31)38)33-17-11-18-35(40(33)50(41)23-13-22-47(5)43(52)56-44(2,3)4)39-36(46-48(6)37(39)30-45)21-24-49-25-28-53-29-26-49/h8-11,14-18,20H,7,12-13,19,21-30H2,1-6H3. The van der Waals surface area contributed by atoms with Gasteiger partial charge in [-0.05, 0) is 64.0 Å². The predicted octanol–water partition coefficient (Wildman–Crippen LogP) is 8.41. The molecule has 1 aliphatic heterocycles. The van der Waals surface area contributed by atoms with Crippen molar-refractivity contribution in [3.8, 4) is 16.9 Å². The van der Waals surface area contributed by atoms with Crippen molar-refractivity contribution in [1.29, 1.82) is 0 Å². The van der Waals surface area contributed by atoms with E-state index in [1.807, 2.05) is 63.7 Å². The summed E-state index contributed by atoms with van der Waals surface area (Å²) < 4.78 is 27.5. The Morgan fingerprint density at radius 2 is 1.68 bits per heavy atom. The molecule has 5 aromatic rings. The topological polar surface area (TPSA) is 100 Å². The summed E-state index contributed by atoms with van der Waals surface area (Å²) in [7, 11) is 3.75. The summed E-state index contributed by atoms with van der Waals surface area (Å²) in [5.74, 6) is 0.482. The van der Waals surface area contributed by atoms with Gasteiger partial charge in [-0.2, -0.15) is 5.10 Å². The predicted molar refractivity (Wildman–Crippen MR) is 225 cm³/mol. The van der Waals surface area contributed by atoms with Gasteiger partial charge in [0.05, 0.1) is 43.3 Å². The molecule has 300 valence electrons. The number of morpholine rings is 1. The van der Waals surface area contributed by atoms with Gasteiger partial charge < -0.3 is 28.4 Å². The van der Waals surface area contributed by atoms with Gasteiger partial charge in [-0.1, -0.05) is 70.5 Å². The molecule has 0 unspecified atom stereocenters. The lowest BCUT2D eigenvalue weighted by Crippen LogP contribution is -2.37. The molecular formula is C44H56BrN5O6. The van der Waals surface area contributed by atoms with Gasteiger partial charge in [0.1, 0.15) is 17.0 Å². The highest BCUT2D eigenvalue weighted by Gasteiger charge is 2.29. The molecule has 0 aliphatic carbocycles. The van der Waals surface area contributed by atoms with Crippen LogP contribution in [0.25, 0.3) is 32.8 Å². The van der Waals surface area contributed by atoms with Gasteiger partial charge in [-0.3, -0.25) is 9.58 Å². The van der Waals surface area contributed by atoms with Gasteiger partial charge >= 0.3 is 12.1 Å². The Morgan fingerprint density at radius 1 is 0.946 bits per heavy atom. The minimum Gasteiger partial charge on any atom is -0.493 e. The molecule has 1 amide bonds. The van der Waals surface area contributed by atoms with Crippen molar-refractivity contribution in [3.63, 3.8) is 0 Å². The molecule has 1 aliphatic rings. The molecule has 12 heteroatoms. The molecular weight excluding hydrogens is 774 g/mol. The van der Waals surface area contributed by atoms with Crippen LogP contribution in [0.4, 0.5) is 4.79 Å². The van der Waals surface area contributed by atoms with Crippen LogP contribution in [0.5, 0.6) is 5.75 Å². The number of halogens is 1. The van der Waals surface area contributed by atoms with Gasteiger partial charge in [0.2, 0.25) is 0 Å². The van der Waals surface area contributed by atoms with E-state index in [2.05, 4.69) is 61.8 Å². The molecule has 0 bridgehead atoms. The maximum absolute atomic E-state index is 14.1. The highest BCUT2D eigenvalue weighted by atomic mass is 79.9. The Bertz CT molecular complexity index is 2120. The van der Waals surface area contributed by atoms with Crippen LogP contribution >= 0.6 is 15.9 Å². The quantitative estimate of drug-likeness (QED) is 0.0556. The summed E-state index contributed by atoms with van der Waals surface area (Å²) >= 11 is 3.78. The molecule has 0 spiro atoms. The van der Waals surface area contributed by atoms with E-state index in [4.69, 9.17) is 24.0 Å². The number of fused-ring (bicyclic) bond motifs is 2. The van der Waals surface area contributed by atoms with Crippen LogP contribution in [0.3, 0.4) is 0 Å². The first kappa shape index (κ1) is 41.2. The lowest BCUT2D eigenvalue weighted by atomic mass is 9.97. The Balaban J connectivity index is 1.40. The van der Waals surface area contributed by atoms with Gasteiger partial charge in [-0.25, -0.2) is 9.59 Å². The third kappa shape index (κ3) is 9.58. The molecule has 0 N–H and O–H groups in total. The van der Waals surface area contributed by atoms with Crippen molar-refractivity contribution >= 4 is 49.7 Å². The van der Waals surface area contributed by atoms with Crippen molar-refractivity contribution < 1.29 is 28.5 Å². The number of hydrogen-bond donors (Lipinski definition) is 0. The van der Waals surface area contributed by atoms with Gasteiger partial charge in [0.25, 0.3) is 0 Å². The lowest BCUT2D eigenvalue weighted by Gasteiger charge is -2.26. The molecule has 3 heterocycles. The van der Waals surface area contributed by atoms with Crippen molar-refractivity contribution in [3.05, 3.63) is 83.3 Å². The summed E-state index contributed by atoms with van der Waals surface area (Å²) in [6.45, 7) is 13.2. The van der Waals surface area contributed by atoms with E-state index in [0.717, 1.165) is 94.8 Å². The number of carbonyl (C=O) groups excluding carboxylic acids is 2. The number of aryl methyl sites for hydroxylation is 3. The molecule has 0 atom stereocenters. The average Bonchev–Trinajstić information content (AvgIpc) is 3.68. The average molecular weight is 831 g/mol. The molecule has 0 radical (unpaired) electrons. The number of alkyl halides is 1. The summed E-state index contributed by atoms with van der Waals surface area (Å²) in [4.78, 5) is 31.1. The zero-order chi connectivity index (χ0) is 39.8. The third-order valence-electron chi connectivity index (χ3n) is 10.2. The van der Waals surface area contributed by atoms with Crippen LogP contribution in [0, 0.1) is 0 Å². The van der Waals surface area contributed by atoms with E-state index < -0.39 is 5.60 Å². The third-order valence-corrected chi connectivity index (χ3v) is 10.7. The van der Waals surface area contributed by atoms with Crippen molar-refractivity contribution in [2.45, 2.75) is 70.9 Å². The highest BCUT2D eigenvalue weighted by molar-refractivity contribution is 9.08. The van der Waals surface area contributed by atoms with E-state index in [1.54, 1.807) is 11.9 Å². The smallest absolute Gasteiger partial charge is 0.410 e. The van der Waals surface area contributed by atoms with E-state index >= 15 is 0 Å².